The maximum atomic E-state index is 13.1. The van der Waals surface area contributed by atoms with Crippen LogP contribution in [-0.4, -0.2) is 28.2 Å². The zero-order chi connectivity index (χ0) is 17.3. The van der Waals surface area contributed by atoms with Crippen molar-refractivity contribution in [2.45, 2.75) is 19.0 Å². The molecule has 0 saturated carbocycles. The second-order valence-corrected chi connectivity index (χ2v) is 5.91. The number of hydrogen-bond donors (Lipinski definition) is 2. The highest BCUT2D eigenvalue weighted by Crippen LogP contribution is 2.38. The van der Waals surface area contributed by atoms with Gasteiger partial charge < -0.3 is 11.1 Å². The number of nitrogen functional groups attached to an aromatic ring is 1. The summed E-state index contributed by atoms with van der Waals surface area (Å²) in [5.74, 6) is -2.54. The molecule has 1 aliphatic carbocycles. The lowest BCUT2D eigenvalue weighted by atomic mass is 9.82. The van der Waals surface area contributed by atoms with Crippen molar-refractivity contribution >= 4 is 17.1 Å². The summed E-state index contributed by atoms with van der Waals surface area (Å²) in [7, 11) is 0. The van der Waals surface area contributed by atoms with Crippen LogP contribution in [0.25, 0.3) is 5.52 Å². The Balaban J connectivity index is 1.72. The van der Waals surface area contributed by atoms with Crippen LogP contribution in [0.4, 0.5) is 18.9 Å². The van der Waals surface area contributed by atoms with Crippen LogP contribution in [0, 0.1) is 11.8 Å². The molecule has 2 aromatic rings. The van der Waals surface area contributed by atoms with Crippen LogP contribution in [0.5, 0.6) is 0 Å². The number of carbonyl (C=O) groups excluding carboxylic acids is 1. The molecule has 0 aliphatic heterocycles. The van der Waals surface area contributed by atoms with Crippen LogP contribution in [-0.2, 0) is 0 Å². The molecule has 0 bridgehead atoms. The maximum Gasteiger partial charge on any atom is 0.392 e. The van der Waals surface area contributed by atoms with Crippen molar-refractivity contribution in [2.75, 3.05) is 12.3 Å². The van der Waals surface area contributed by atoms with Gasteiger partial charge in [0.2, 0.25) is 0 Å². The van der Waals surface area contributed by atoms with E-state index < -0.39 is 23.9 Å². The molecule has 3 rings (SSSR count). The second-order valence-electron chi connectivity index (χ2n) is 5.91. The van der Waals surface area contributed by atoms with Crippen molar-refractivity contribution in [1.82, 2.24) is 14.9 Å². The van der Waals surface area contributed by atoms with Gasteiger partial charge in [-0.25, -0.2) is 4.52 Å². The number of aromatic nitrogens is 2. The van der Waals surface area contributed by atoms with Crippen LogP contribution in [0.3, 0.4) is 0 Å². The van der Waals surface area contributed by atoms with Crippen LogP contribution in [0.1, 0.15) is 23.2 Å². The first-order valence-electron chi connectivity index (χ1n) is 7.59. The zero-order valence-electron chi connectivity index (χ0n) is 12.8. The number of allylic oxidation sites excluding steroid dienone is 2. The number of carbonyl (C=O) groups is 1. The number of nitrogens with zero attached hydrogens (tertiary/aromatic N) is 2. The van der Waals surface area contributed by atoms with Gasteiger partial charge in [0.25, 0.3) is 5.91 Å². The highest BCUT2D eigenvalue weighted by Gasteiger charge is 2.44. The quantitative estimate of drug-likeness (QED) is 0.845. The number of amides is 1. The smallest absolute Gasteiger partial charge is 0.392 e. The number of rotatable bonds is 3. The minimum atomic E-state index is -4.26. The highest BCUT2D eigenvalue weighted by molar-refractivity contribution is 6.00. The minimum Gasteiger partial charge on any atom is -0.399 e. The molecule has 0 aromatic carbocycles. The summed E-state index contributed by atoms with van der Waals surface area (Å²) in [6, 6.07) is 3.24. The Bertz CT molecular complexity index is 781. The zero-order valence-corrected chi connectivity index (χ0v) is 12.8. The Morgan fingerprint density at radius 3 is 2.88 bits per heavy atom. The van der Waals surface area contributed by atoms with Gasteiger partial charge in [-0.2, -0.15) is 18.3 Å². The summed E-state index contributed by atoms with van der Waals surface area (Å²) >= 11 is 0. The van der Waals surface area contributed by atoms with Gasteiger partial charge in [-0.05, 0) is 30.9 Å². The first-order valence-corrected chi connectivity index (χ1v) is 7.59. The molecular weight excluding hydrogens is 321 g/mol. The third kappa shape index (κ3) is 3.22. The van der Waals surface area contributed by atoms with E-state index in [1.54, 1.807) is 30.5 Å². The van der Waals surface area contributed by atoms with Crippen molar-refractivity contribution in [2.24, 2.45) is 11.8 Å². The van der Waals surface area contributed by atoms with Gasteiger partial charge in [-0.3, -0.25) is 4.79 Å². The van der Waals surface area contributed by atoms with Gasteiger partial charge in [0.15, 0.2) is 0 Å². The van der Waals surface area contributed by atoms with Gasteiger partial charge in [0.1, 0.15) is 0 Å². The predicted octanol–water partition coefficient (Wildman–Crippen LogP) is 2.79. The van der Waals surface area contributed by atoms with Crippen LogP contribution >= 0.6 is 0 Å². The lowest BCUT2D eigenvalue weighted by molar-refractivity contribution is -0.188. The summed E-state index contributed by atoms with van der Waals surface area (Å²) in [6.45, 7) is -0.0347. The molecule has 3 N–H and O–H groups in total. The fourth-order valence-corrected chi connectivity index (χ4v) is 2.99. The van der Waals surface area contributed by atoms with Crippen molar-refractivity contribution < 1.29 is 18.0 Å². The molecule has 2 aromatic heterocycles. The average Bonchev–Trinajstić information content (AvgIpc) is 2.95. The highest BCUT2D eigenvalue weighted by atomic mass is 19.4. The Morgan fingerprint density at radius 2 is 2.12 bits per heavy atom. The molecule has 0 fully saturated rings. The maximum absolute atomic E-state index is 13.1. The van der Waals surface area contributed by atoms with Crippen molar-refractivity contribution in [3.63, 3.8) is 0 Å². The minimum absolute atomic E-state index is 0.0347. The number of pyridine rings is 1. The lowest BCUT2D eigenvalue weighted by Crippen LogP contribution is -2.39. The fourth-order valence-electron chi connectivity index (χ4n) is 2.99. The van der Waals surface area contributed by atoms with E-state index in [-0.39, 0.29) is 18.5 Å². The van der Waals surface area contributed by atoms with E-state index >= 15 is 0 Å². The van der Waals surface area contributed by atoms with Gasteiger partial charge in [-0.15, -0.1) is 0 Å². The second kappa shape index (κ2) is 6.18. The fraction of sp³-hybridized carbons (Fsp3) is 0.375. The molecule has 2 heterocycles. The molecule has 1 amide bonds. The molecular formula is C16H17F3N4O. The van der Waals surface area contributed by atoms with Gasteiger partial charge in [0, 0.05) is 18.4 Å². The number of nitrogens with two attached hydrogens (primary N) is 1. The third-order valence-electron chi connectivity index (χ3n) is 4.30. The summed E-state index contributed by atoms with van der Waals surface area (Å²) in [5.41, 5.74) is 6.99. The van der Waals surface area contributed by atoms with E-state index in [9.17, 15) is 18.0 Å². The Hall–Kier alpha value is -2.51. The summed E-state index contributed by atoms with van der Waals surface area (Å²) in [6.07, 6.45) is 2.27. The van der Waals surface area contributed by atoms with Gasteiger partial charge in [-0.1, -0.05) is 12.2 Å². The van der Waals surface area contributed by atoms with E-state index in [0.29, 0.717) is 17.6 Å². The molecule has 2 atom stereocenters. The largest absolute Gasteiger partial charge is 0.399 e. The van der Waals surface area contributed by atoms with Crippen molar-refractivity contribution in [1.29, 1.82) is 0 Å². The predicted molar refractivity (Wildman–Crippen MR) is 83.3 cm³/mol. The Labute approximate surface area is 136 Å². The van der Waals surface area contributed by atoms with E-state index in [0.717, 1.165) is 0 Å². The van der Waals surface area contributed by atoms with E-state index in [4.69, 9.17) is 5.73 Å². The number of halogens is 3. The Morgan fingerprint density at radius 1 is 1.38 bits per heavy atom. The molecule has 8 heteroatoms. The third-order valence-corrected chi connectivity index (χ3v) is 4.30. The number of anilines is 1. The molecule has 0 radical (unpaired) electrons. The standard InChI is InChI=1S/C16H17F3N4O/c17-16(18,19)13-4-2-1-3-10(13)8-21-15(24)12-9-22-23-6-5-11(20)7-14(12)23/h1-2,5-7,9-10,13H,3-4,8,20H2,(H,21,24)/t10-,13+/m0/s1. The molecule has 0 spiro atoms. The SMILES string of the molecule is Nc1ccn2ncc(C(=O)NC[C@@H]3CC=CC[C@H]3C(F)(F)F)c2c1. The van der Waals surface area contributed by atoms with Crippen LogP contribution in [0.2, 0.25) is 0 Å². The number of nitrogens with one attached hydrogen (secondary N) is 1. The Kier molecular flexibility index (Phi) is 4.21. The van der Waals surface area contributed by atoms with Crippen LogP contribution < -0.4 is 11.1 Å². The lowest BCUT2D eigenvalue weighted by Gasteiger charge is -2.30. The number of fused-ring (bicyclic) bond motifs is 1. The van der Waals surface area contributed by atoms with E-state index in [2.05, 4.69) is 10.4 Å². The molecule has 0 unspecified atom stereocenters. The van der Waals surface area contributed by atoms with Gasteiger partial charge in [0.05, 0.1) is 23.2 Å². The van der Waals surface area contributed by atoms with Crippen molar-refractivity contribution in [3.05, 3.63) is 42.2 Å². The molecule has 5 nitrogen and oxygen atoms in total. The van der Waals surface area contributed by atoms with Crippen molar-refractivity contribution in [3.8, 4) is 0 Å². The summed E-state index contributed by atoms with van der Waals surface area (Å²) in [5, 5.41) is 6.64. The van der Waals surface area contributed by atoms with E-state index in [1.807, 2.05) is 0 Å². The summed E-state index contributed by atoms with van der Waals surface area (Å²) in [4.78, 5) is 12.3. The molecule has 24 heavy (non-hydrogen) atoms. The molecule has 1 aliphatic rings. The van der Waals surface area contributed by atoms with E-state index in [1.165, 1.54) is 10.7 Å². The first kappa shape index (κ1) is 16.4. The number of alkyl halides is 3. The molecule has 128 valence electrons. The van der Waals surface area contributed by atoms with Crippen LogP contribution in [0.15, 0.2) is 36.7 Å². The molecule has 0 saturated heterocycles. The topological polar surface area (TPSA) is 72.4 Å². The normalized spacial score (nSPS) is 21.1. The van der Waals surface area contributed by atoms with Gasteiger partial charge >= 0.3 is 6.18 Å². The number of hydrogen-bond acceptors (Lipinski definition) is 3. The monoisotopic (exact) mass is 338 g/mol. The first-order chi connectivity index (χ1) is 11.4. The summed E-state index contributed by atoms with van der Waals surface area (Å²) < 4.78 is 40.7. The average molecular weight is 338 g/mol.